The van der Waals surface area contributed by atoms with Gasteiger partial charge in [-0.3, -0.25) is 9.59 Å². The highest BCUT2D eigenvalue weighted by Crippen LogP contribution is 2.38. The molecule has 0 amide bonds. The molecule has 0 heterocycles. The number of carbonyl (C=O) groups excluding carboxylic acids is 2. The zero-order chi connectivity index (χ0) is 29.6. The van der Waals surface area contributed by atoms with Gasteiger partial charge in [0.25, 0.3) is 0 Å². The predicted octanol–water partition coefficient (Wildman–Crippen LogP) is 8.99. The topological polar surface area (TPSA) is 90.1 Å². The summed E-state index contributed by atoms with van der Waals surface area (Å²) in [6.45, 7) is 12.1. The standard InChI is InChI=1S/C34H34N6O2/c1-5-39(6-2)25-19-15-23(16-20-25)35-37-29-13-9-11-27-31(29)33(41)28-12-10-14-30(32(28)34(27)42)38-36-24-17-21-26(22-18-24)40(7-3)8-4/h9-22H,5-8H2,1-4H3. The highest BCUT2D eigenvalue weighted by Gasteiger charge is 2.33. The smallest absolute Gasteiger partial charge is 0.196 e. The number of hydrogen-bond acceptors (Lipinski definition) is 8. The molecule has 8 heteroatoms. The van der Waals surface area contributed by atoms with Gasteiger partial charge in [0.05, 0.1) is 33.9 Å². The van der Waals surface area contributed by atoms with Gasteiger partial charge < -0.3 is 9.80 Å². The zero-order valence-corrected chi connectivity index (χ0v) is 24.4. The van der Waals surface area contributed by atoms with E-state index < -0.39 is 0 Å². The van der Waals surface area contributed by atoms with Gasteiger partial charge in [-0.05, 0) is 88.4 Å². The normalized spacial score (nSPS) is 12.6. The first-order valence-electron chi connectivity index (χ1n) is 14.4. The molecule has 5 rings (SSSR count). The Morgan fingerprint density at radius 3 is 1.17 bits per heavy atom. The maximum atomic E-state index is 13.7. The van der Waals surface area contributed by atoms with Crippen LogP contribution in [0.2, 0.25) is 0 Å². The molecular formula is C34H34N6O2. The minimum atomic E-state index is -0.286. The Morgan fingerprint density at radius 2 is 0.833 bits per heavy atom. The molecule has 0 unspecified atom stereocenters. The monoisotopic (exact) mass is 558 g/mol. The summed E-state index contributed by atoms with van der Waals surface area (Å²) >= 11 is 0. The van der Waals surface area contributed by atoms with E-state index >= 15 is 0 Å². The van der Waals surface area contributed by atoms with Gasteiger partial charge >= 0.3 is 0 Å². The highest BCUT2D eigenvalue weighted by atomic mass is 16.1. The number of hydrogen-bond donors (Lipinski definition) is 0. The first kappa shape index (κ1) is 28.5. The lowest BCUT2D eigenvalue weighted by Crippen LogP contribution is -2.21. The van der Waals surface area contributed by atoms with Crippen molar-refractivity contribution in [2.75, 3.05) is 36.0 Å². The first-order chi connectivity index (χ1) is 20.5. The van der Waals surface area contributed by atoms with Crippen molar-refractivity contribution in [2.24, 2.45) is 20.5 Å². The van der Waals surface area contributed by atoms with Gasteiger partial charge in [-0.2, -0.15) is 10.2 Å². The number of azo groups is 2. The molecule has 0 aromatic heterocycles. The van der Waals surface area contributed by atoms with Crippen LogP contribution in [0.15, 0.2) is 105 Å². The van der Waals surface area contributed by atoms with Crippen molar-refractivity contribution < 1.29 is 9.59 Å². The number of benzene rings is 4. The molecule has 0 N–H and O–H groups in total. The van der Waals surface area contributed by atoms with Crippen molar-refractivity contribution in [2.45, 2.75) is 27.7 Å². The third kappa shape index (κ3) is 5.61. The molecule has 0 bridgehead atoms. The van der Waals surface area contributed by atoms with Gasteiger partial charge in [-0.1, -0.05) is 24.3 Å². The predicted molar refractivity (Wildman–Crippen MR) is 168 cm³/mol. The van der Waals surface area contributed by atoms with Crippen LogP contribution < -0.4 is 9.80 Å². The second kappa shape index (κ2) is 12.7. The van der Waals surface area contributed by atoms with E-state index in [9.17, 15) is 9.59 Å². The molecule has 0 atom stereocenters. The third-order valence-electron chi connectivity index (χ3n) is 7.53. The highest BCUT2D eigenvalue weighted by molar-refractivity contribution is 6.31. The summed E-state index contributed by atoms with van der Waals surface area (Å²) in [5.41, 5.74) is 5.31. The Balaban J connectivity index is 1.42. The molecule has 0 radical (unpaired) electrons. The molecule has 212 valence electrons. The SMILES string of the molecule is CCN(CC)c1ccc(N=Nc2cccc3c2C(=O)c2cccc(N=Nc4ccc(N(CC)CC)cc4)c2C3=O)cc1. The van der Waals surface area contributed by atoms with Crippen molar-refractivity contribution in [3.8, 4) is 0 Å². The van der Waals surface area contributed by atoms with Crippen molar-refractivity contribution in [3.63, 3.8) is 0 Å². The van der Waals surface area contributed by atoms with Crippen molar-refractivity contribution in [1.82, 2.24) is 0 Å². The van der Waals surface area contributed by atoms with E-state index in [1.165, 1.54) is 0 Å². The third-order valence-corrected chi connectivity index (χ3v) is 7.53. The van der Waals surface area contributed by atoms with Crippen LogP contribution in [0.4, 0.5) is 34.1 Å². The second-order valence-corrected chi connectivity index (χ2v) is 9.84. The van der Waals surface area contributed by atoms with Gasteiger partial charge in [0.15, 0.2) is 11.6 Å². The van der Waals surface area contributed by atoms with Gasteiger partial charge in [0.1, 0.15) is 0 Å². The van der Waals surface area contributed by atoms with Gasteiger partial charge in [-0.15, -0.1) is 10.2 Å². The van der Waals surface area contributed by atoms with E-state index in [1.54, 1.807) is 36.4 Å². The van der Waals surface area contributed by atoms with Gasteiger partial charge in [0.2, 0.25) is 0 Å². The Morgan fingerprint density at radius 1 is 0.476 bits per heavy atom. The average molecular weight is 559 g/mol. The van der Waals surface area contributed by atoms with E-state index in [1.807, 2.05) is 48.5 Å². The number of carbonyl (C=O) groups is 2. The molecule has 1 aliphatic rings. The van der Waals surface area contributed by atoms with E-state index in [0.717, 1.165) is 37.6 Å². The Bertz CT molecular complexity index is 1530. The lowest BCUT2D eigenvalue weighted by molar-refractivity contribution is 0.0980. The summed E-state index contributed by atoms with van der Waals surface area (Å²) in [5.74, 6) is -0.571. The van der Waals surface area contributed by atoms with Crippen LogP contribution in [0.25, 0.3) is 0 Å². The summed E-state index contributed by atoms with van der Waals surface area (Å²) in [6.07, 6.45) is 0. The maximum Gasteiger partial charge on any atom is 0.196 e. The summed E-state index contributed by atoms with van der Waals surface area (Å²) in [7, 11) is 0. The maximum absolute atomic E-state index is 13.7. The van der Waals surface area contributed by atoms with Crippen LogP contribution in [0.3, 0.4) is 0 Å². The van der Waals surface area contributed by atoms with Crippen molar-refractivity contribution in [1.29, 1.82) is 0 Å². The van der Waals surface area contributed by atoms with Crippen LogP contribution in [0.5, 0.6) is 0 Å². The Labute approximate surface area is 246 Å². The van der Waals surface area contributed by atoms with Crippen LogP contribution in [-0.2, 0) is 0 Å². The zero-order valence-electron chi connectivity index (χ0n) is 24.4. The molecule has 1 aliphatic carbocycles. The number of fused-ring (bicyclic) bond motifs is 2. The van der Waals surface area contributed by atoms with Crippen molar-refractivity contribution in [3.05, 3.63) is 107 Å². The summed E-state index contributed by atoms with van der Waals surface area (Å²) < 4.78 is 0. The summed E-state index contributed by atoms with van der Waals surface area (Å²) in [5, 5.41) is 17.5. The first-order valence-corrected chi connectivity index (χ1v) is 14.4. The quantitative estimate of drug-likeness (QED) is 0.160. The molecule has 4 aromatic rings. The second-order valence-electron chi connectivity index (χ2n) is 9.84. The lowest BCUT2D eigenvalue weighted by atomic mass is 9.82. The minimum absolute atomic E-state index is 0.250. The Kier molecular flexibility index (Phi) is 8.62. The van der Waals surface area contributed by atoms with Crippen LogP contribution >= 0.6 is 0 Å². The van der Waals surface area contributed by atoms with Crippen LogP contribution in [0.1, 0.15) is 59.5 Å². The fourth-order valence-corrected chi connectivity index (χ4v) is 5.23. The molecule has 0 aliphatic heterocycles. The van der Waals surface area contributed by atoms with Crippen LogP contribution in [0, 0.1) is 0 Å². The fourth-order valence-electron chi connectivity index (χ4n) is 5.23. The van der Waals surface area contributed by atoms with Gasteiger partial charge in [0, 0.05) is 48.7 Å². The molecule has 0 spiro atoms. The largest absolute Gasteiger partial charge is 0.372 e. The molecule has 0 saturated heterocycles. The number of ketones is 2. The fraction of sp³-hybridized carbons (Fsp3) is 0.235. The molecular weight excluding hydrogens is 524 g/mol. The Hall–Kier alpha value is -4.98. The molecule has 42 heavy (non-hydrogen) atoms. The lowest BCUT2D eigenvalue weighted by Gasteiger charge is -2.20. The van der Waals surface area contributed by atoms with E-state index in [2.05, 4.69) is 58.0 Å². The number of anilines is 2. The van der Waals surface area contributed by atoms with Crippen LogP contribution in [-0.4, -0.2) is 37.7 Å². The van der Waals surface area contributed by atoms with E-state index in [4.69, 9.17) is 0 Å². The van der Waals surface area contributed by atoms with Gasteiger partial charge in [-0.25, -0.2) is 0 Å². The van der Waals surface area contributed by atoms with E-state index in [0.29, 0.717) is 22.7 Å². The number of nitrogens with zero attached hydrogens (tertiary/aromatic N) is 6. The average Bonchev–Trinajstić information content (AvgIpc) is 3.03. The summed E-state index contributed by atoms with van der Waals surface area (Å²) in [6, 6.07) is 25.7. The summed E-state index contributed by atoms with van der Waals surface area (Å²) in [4.78, 5) is 31.9. The van der Waals surface area contributed by atoms with Crippen molar-refractivity contribution >= 4 is 45.7 Å². The van der Waals surface area contributed by atoms with E-state index in [-0.39, 0.29) is 33.8 Å². The molecule has 0 saturated carbocycles. The molecule has 8 nitrogen and oxygen atoms in total. The minimum Gasteiger partial charge on any atom is -0.372 e. The molecule has 4 aromatic carbocycles. The number of rotatable bonds is 10. The molecule has 0 fully saturated rings.